The quantitative estimate of drug-likeness (QED) is 0.721. The van der Waals surface area contributed by atoms with Crippen LogP contribution in [-0.4, -0.2) is 22.2 Å². The lowest BCUT2D eigenvalue weighted by Gasteiger charge is -2.37. The van der Waals surface area contributed by atoms with Crippen molar-refractivity contribution in [1.82, 2.24) is 0 Å². The smallest absolute Gasteiger partial charge is 0.311 e. The van der Waals surface area contributed by atoms with Gasteiger partial charge in [0.1, 0.15) is 0 Å². The Balaban J connectivity index is 5.53. The van der Waals surface area contributed by atoms with E-state index in [9.17, 15) is 14.7 Å². The van der Waals surface area contributed by atoms with Crippen LogP contribution in [-0.2, 0) is 9.59 Å². The van der Waals surface area contributed by atoms with Crippen LogP contribution in [0.4, 0.5) is 0 Å². The molecule has 0 saturated carbocycles. The van der Waals surface area contributed by atoms with E-state index in [1.165, 1.54) is 13.8 Å². The largest absolute Gasteiger partial charge is 0.481 e. The minimum Gasteiger partial charge on any atom is -0.481 e. The predicted molar refractivity (Wildman–Crippen MR) is 56.6 cm³/mol. The van der Waals surface area contributed by atoms with Gasteiger partial charge < -0.3 is 10.2 Å². The third-order valence-corrected chi connectivity index (χ3v) is 3.02. The molecule has 0 aliphatic rings. The van der Waals surface area contributed by atoms with E-state index in [1.54, 1.807) is 6.92 Å². The summed E-state index contributed by atoms with van der Waals surface area (Å²) in [7, 11) is 0. The van der Waals surface area contributed by atoms with Crippen LogP contribution in [0.1, 0.15) is 40.0 Å². The van der Waals surface area contributed by atoms with Gasteiger partial charge in [-0.1, -0.05) is 13.3 Å². The lowest BCUT2D eigenvalue weighted by atomic mass is 9.62. The van der Waals surface area contributed by atoms with Crippen LogP contribution in [0.25, 0.3) is 0 Å². The van der Waals surface area contributed by atoms with E-state index in [-0.39, 0.29) is 6.42 Å². The summed E-state index contributed by atoms with van der Waals surface area (Å²) in [6.07, 6.45) is 0.163. The maximum Gasteiger partial charge on any atom is 0.311 e. The molecular formula is C11H17NO4. The summed E-state index contributed by atoms with van der Waals surface area (Å²) >= 11 is 0. The second kappa shape index (κ2) is 4.97. The van der Waals surface area contributed by atoms with E-state index in [0.29, 0.717) is 6.42 Å². The summed E-state index contributed by atoms with van der Waals surface area (Å²) in [5.41, 5.74) is -2.74. The number of nitrogens with zero attached hydrogens (tertiary/aromatic N) is 1. The highest BCUT2D eigenvalue weighted by atomic mass is 16.4. The van der Waals surface area contributed by atoms with Gasteiger partial charge in [-0.05, 0) is 20.3 Å². The van der Waals surface area contributed by atoms with Crippen LogP contribution < -0.4 is 0 Å². The Bertz CT molecular complexity index is 329. The number of nitriles is 1. The van der Waals surface area contributed by atoms with E-state index in [1.807, 2.05) is 6.07 Å². The van der Waals surface area contributed by atoms with Crippen LogP contribution >= 0.6 is 0 Å². The molecular weight excluding hydrogens is 210 g/mol. The van der Waals surface area contributed by atoms with E-state index in [0.717, 1.165) is 0 Å². The summed E-state index contributed by atoms with van der Waals surface area (Å²) in [5.74, 6) is -2.41. The fraction of sp³-hybridized carbons (Fsp3) is 0.727. The van der Waals surface area contributed by atoms with Crippen molar-refractivity contribution in [3.8, 4) is 6.07 Å². The Morgan fingerprint density at radius 1 is 1.31 bits per heavy atom. The molecule has 16 heavy (non-hydrogen) atoms. The molecule has 90 valence electrons. The molecule has 1 atom stereocenters. The molecule has 0 bridgehead atoms. The second-order valence-corrected chi connectivity index (χ2v) is 4.44. The van der Waals surface area contributed by atoms with Crippen LogP contribution in [0.15, 0.2) is 0 Å². The Morgan fingerprint density at radius 3 is 2.06 bits per heavy atom. The Kier molecular flexibility index (Phi) is 4.48. The first-order valence-electron chi connectivity index (χ1n) is 5.10. The topological polar surface area (TPSA) is 98.4 Å². The minimum absolute atomic E-state index is 0.176. The van der Waals surface area contributed by atoms with Gasteiger partial charge in [0, 0.05) is 0 Å². The number of rotatable bonds is 6. The fourth-order valence-corrected chi connectivity index (χ4v) is 1.86. The molecule has 0 aliphatic carbocycles. The van der Waals surface area contributed by atoms with Crippen LogP contribution in [0.3, 0.4) is 0 Å². The number of carboxylic acid groups (broad SMARTS) is 2. The van der Waals surface area contributed by atoms with Gasteiger partial charge in [0.25, 0.3) is 0 Å². The maximum absolute atomic E-state index is 11.3. The Morgan fingerprint density at radius 2 is 1.81 bits per heavy atom. The normalized spacial score (nSPS) is 14.9. The predicted octanol–water partition coefficient (Wildman–Crippen LogP) is 1.88. The summed E-state index contributed by atoms with van der Waals surface area (Å²) < 4.78 is 0. The SMILES string of the molecule is CCCC(CC(=O)O)(C(=O)O)C(C)(C)C#N. The molecule has 5 nitrogen and oxygen atoms in total. The zero-order valence-corrected chi connectivity index (χ0v) is 9.78. The summed E-state index contributed by atoms with van der Waals surface area (Å²) in [6.45, 7) is 4.71. The van der Waals surface area contributed by atoms with Gasteiger partial charge in [0.15, 0.2) is 0 Å². The number of hydrogen-bond acceptors (Lipinski definition) is 3. The van der Waals surface area contributed by atoms with Crippen molar-refractivity contribution in [3.63, 3.8) is 0 Å². The monoisotopic (exact) mass is 227 g/mol. The fourth-order valence-electron chi connectivity index (χ4n) is 1.86. The first kappa shape index (κ1) is 14.4. The number of carbonyl (C=O) groups is 2. The lowest BCUT2D eigenvalue weighted by Crippen LogP contribution is -2.45. The molecule has 0 aromatic rings. The van der Waals surface area contributed by atoms with Crippen molar-refractivity contribution in [3.05, 3.63) is 0 Å². The maximum atomic E-state index is 11.3. The standard InChI is InChI=1S/C11H17NO4/c1-4-5-11(9(15)16,6-8(13)14)10(2,3)7-12/h4-6H2,1-3H3,(H,13,14)(H,15,16). The van der Waals surface area contributed by atoms with Crippen molar-refractivity contribution in [2.45, 2.75) is 40.0 Å². The van der Waals surface area contributed by atoms with Crippen LogP contribution in [0, 0.1) is 22.2 Å². The molecule has 2 N–H and O–H groups in total. The highest BCUT2D eigenvalue weighted by molar-refractivity contribution is 5.82. The summed E-state index contributed by atoms with van der Waals surface area (Å²) in [6, 6.07) is 1.91. The molecule has 0 heterocycles. The highest BCUT2D eigenvalue weighted by Crippen LogP contribution is 2.45. The molecule has 0 saturated heterocycles. The third-order valence-electron chi connectivity index (χ3n) is 3.02. The van der Waals surface area contributed by atoms with Crippen molar-refractivity contribution < 1.29 is 19.8 Å². The van der Waals surface area contributed by atoms with Crippen molar-refractivity contribution >= 4 is 11.9 Å². The summed E-state index contributed by atoms with van der Waals surface area (Å²) in [5, 5.41) is 27.1. The summed E-state index contributed by atoms with van der Waals surface area (Å²) in [4.78, 5) is 22.1. The molecule has 0 amide bonds. The van der Waals surface area contributed by atoms with Crippen molar-refractivity contribution in [2.75, 3.05) is 0 Å². The molecule has 0 aliphatic heterocycles. The van der Waals surface area contributed by atoms with Gasteiger partial charge >= 0.3 is 11.9 Å². The Labute approximate surface area is 94.7 Å². The average Bonchev–Trinajstić information content (AvgIpc) is 2.15. The van der Waals surface area contributed by atoms with Crippen molar-refractivity contribution in [2.24, 2.45) is 10.8 Å². The highest BCUT2D eigenvalue weighted by Gasteiger charge is 2.52. The third kappa shape index (κ3) is 2.51. The van der Waals surface area contributed by atoms with Gasteiger partial charge in [-0.15, -0.1) is 0 Å². The van der Waals surface area contributed by atoms with Gasteiger partial charge in [-0.3, -0.25) is 9.59 Å². The van der Waals surface area contributed by atoms with E-state index < -0.39 is 29.2 Å². The van der Waals surface area contributed by atoms with Gasteiger partial charge in [0.05, 0.1) is 23.3 Å². The van der Waals surface area contributed by atoms with Crippen molar-refractivity contribution in [1.29, 1.82) is 5.26 Å². The van der Waals surface area contributed by atoms with Gasteiger partial charge in [-0.25, -0.2) is 0 Å². The number of hydrogen-bond donors (Lipinski definition) is 2. The Hall–Kier alpha value is -1.57. The molecule has 0 aromatic carbocycles. The molecule has 0 spiro atoms. The first-order chi connectivity index (χ1) is 7.23. The first-order valence-corrected chi connectivity index (χ1v) is 5.10. The molecule has 0 fully saturated rings. The molecule has 1 unspecified atom stereocenters. The second-order valence-electron chi connectivity index (χ2n) is 4.44. The zero-order chi connectivity index (χ0) is 13.0. The number of aliphatic carboxylic acids is 2. The zero-order valence-electron chi connectivity index (χ0n) is 9.78. The van der Waals surface area contributed by atoms with E-state index in [2.05, 4.69) is 0 Å². The lowest BCUT2D eigenvalue weighted by molar-refractivity contribution is -0.162. The van der Waals surface area contributed by atoms with Gasteiger partial charge in [0.2, 0.25) is 0 Å². The number of carboxylic acids is 2. The average molecular weight is 227 g/mol. The van der Waals surface area contributed by atoms with Crippen LogP contribution in [0.5, 0.6) is 0 Å². The van der Waals surface area contributed by atoms with Gasteiger partial charge in [-0.2, -0.15) is 5.26 Å². The molecule has 0 radical (unpaired) electrons. The molecule has 0 rings (SSSR count). The minimum atomic E-state index is -1.53. The molecule has 5 heteroatoms. The van der Waals surface area contributed by atoms with E-state index in [4.69, 9.17) is 10.4 Å². The van der Waals surface area contributed by atoms with E-state index >= 15 is 0 Å². The molecule has 0 aromatic heterocycles. The van der Waals surface area contributed by atoms with Crippen LogP contribution in [0.2, 0.25) is 0 Å².